The number of alkyl halides is 4. The molecule has 7 heteroatoms. The van der Waals surface area contributed by atoms with Gasteiger partial charge in [0.15, 0.2) is 3.24 Å². The van der Waals surface area contributed by atoms with E-state index in [0.29, 0.717) is 5.75 Å². The van der Waals surface area contributed by atoms with Gasteiger partial charge >= 0.3 is 5.97 Å². The lowest BCUT2D eigenvalue weighted by Gasteiger charge is -2.20. The summed E-state index contributed by atoms with van der Waals surface area (Å²) < 4.78 is 10.2. The first-order valence-electron chi connectivity index (χ1n) is 8.80. The normalized spacial score (nSPS) is 21.6. The van der Waals surface area contributed by atoms with E-state index in [9.17, 15) is 4.79 Å². The zero-order valence-corrected chi connectivity index (χ0v) is 20.1. The average molecular weight is 551 g/mol. The van der Waals surface area contributed by atoms with Gasteiger partial charge in [-0.05, 0) is 57.1 Å². The van der Waals surface area contributed by atoms with Gasteiger partial charge in [0.1, 0.15) is 18.1 Å². The number of carbonyl (C=O) groups is 1. The van der Waals surface area contributed by atoms with Gasteiger partial charge in [0.05, 0.1) is 10.7 Å². The van der Waals surface area contributed by atoms with Crippen LogP contribution in [-0.4, -0.2) is 14.0 Å². The quantitative estimate of drug-likeness (QED) is 0.273. The Bertz CT molecular complexity index is 837. The Morgan fingerprint density at radius 1 is 1.14 bits per heavy atom. The number of hydrogen-bond acceptors (Lipinski definition) is 3. The molecule has 0 spiro atoms. The van der Waals surface area contributed by atoms with Gasteiger partial charge in [-0.25, -0.2) is 0 Å². The molecule has 0 aromatic heterocycles. The van der Waals surface area contributed by atoms with E-state index in [2.05, 4.69) is 31.9 Å². The lowest BCUT2D eigenvalue weighted by atomic mass is 10.1. The van der Waals surface area contributed by atoms with E-state index in [0.717, 1.165) is 11.3 Å². The maximum absolute atomic E-state index is 12.6. The fraction of sp³-hybridized carbons (Fsp3) is 0.381. The molecular formula is C21H20Br2Cl2O3. The average Bonchev–Trinajstić information content (AvgIpc) is 3.21. The fourth-order valence-electron chi connectivity index (χ4n) is 3.45. The van der Waals surface area contributed by atoms with Crippen molar-refractivity contribution in [2.45, 2.75) is 28.5 Å². The molecule has 1 aliphatic carbocycles. The molecule has 3 atom stereocenters. The highest BCUT2D eigenvalue weighted by Gasteiger charge is 2.67. The number of hydrogen-bond donors (Lipinski definition) is 0. The Hall–Kier alpha value is -0.750. The summed E-state index contributed by atoms with van der Waals surface area (Å²) in [6.07, 6.45) is 0. The van der Waals surface area contributed by atoms with E-state index in [1.54, 1.807) is 0 Å². The number of halogens is 4. The fourth-order valence-corrected chi connectivity index (χ4v) is 4.99. The zero-order valence-electron chi connectivity index (χ0n) is 15.4. The molecule has 3 nitrogen and oxygen atoms in total. The van der Waals surface area contributed by atoms with Crippen LogP contribution in [0.2, 0.25) is 0 Å². The maximum Gasteiger partial charge on any atom is 0.310 e. The highest BCUT2D eigenvalue weighted by atomic mass is 79.9. The summed E-state index contributed by atoms with van der Waals surface area (Å²) in [5.74, 6) is 0.900. The van der Waals surface area contributed by atoms with E-state index in [-0.39, 0.29) is 34.7 Å². The second kappa shape index (κ2) is 8.55. The number of ether oxygens (including phenoxy) is 2. The number of benzene rings is 2. The SMILES string of the molecule is CC1(C)[C@H](C(=O)OCc2cccc(Oc3ccccc3)c2)[C@H]1C(Br)C(Cl)(Cl)Br. The van der Waals surface area contributed by atoms with Crippen molar-refractivity contribution in [3.63, 3.8) is 0 Å². The van der Waals surface area contributed by atoms with Crippen LogP contribution in [0.1, 0.15) is 19.4 Å². The van der Waals surface area contributed by atoms with Crippen LogP contribution in [0.15, 0.2) is 54.6 Å². The minimum atomic E-state index is -1.15. The third kappa shape index (κ3) is 5.05. The van der Waals surface area contributed by atoms with Crippen molar-refractivity contribution in [3.05, 3.63) is 60.2 Å². The molecule has 0 radical (unpaired) electrons. The molecule has 0 amide bonds. The van der Waals surface area contributed by atoms with E-state index in [4.69, 9.17) is 32.7 Å². The van der Waals surface area contributed by atoms with Crippen molar-refractivity contribution < 1.29 is 14.3 Å². The van der Waals surface area contributed by atoms with Gasteiger partial charge in [0.2, 0.25) is 0 Å². The molecule has 0 saturated heterocycles. The maximum atomic E-state index is 12.6. The first-order valence-corrected chi connectivity index (χ1v) is 11.3. The molecule has 1 unspecified atom stereocenters. The van der Waals surface area contributed by atoms with Crippen molar-refractivity contribution in [3.8, 4) is 11.5 Å². The standard InChI is InChI=1S/C21H20Br2Cl2O3/c1-20(2)16(18(22)21(23,24)25)17(20)19(26)27-12-13-7-6-10-15(11-13)28-14-8-4-3-5-9-14/h3-11,16-18H,12H2,1-2H3/t16-,17-,18?/m0/s1. The topological polar surface area (TPSA) is 35.5 Å². The largest absolute Gasteiger partial charge is 0.461 e. The summed E-state index contributed by atoms with van der Waals surface area (Å²) in [6.45, 7) is 4.20. The second-order valence-corrected chi connectivity index (χ2v) is 12.0. The third-order valence-corrected chi connectivity index (χ3v) is 8.41. The van der Waals surface area contributed by atoms with Gasteiger partial charge in [-0.2, -0.15) is 0 Å². The number of para-hydroxylation sites is 1. The number of carbonyl (C=O) groups excluding carboxylic acids is 1. The third-order valence-electron chi connectivity index (χ3n) is 5.05. The minimum Gasteiger partial charge on any atom is -0.461 e. The lowest BCUT2D eigenvalue weighted by molar-refractivity contribution is -0.147. The predicted octanol–water partition coefficient (Wildman–Crippen LogP) is 7.08. The van der Waals surface area contributed by atoms with Gasteiger partial charge in [-0.3, -0.25) is 4.79 Å². The summed E-state index contributed by atoms with van der Waals surface area (Å²) in [6, 6.07) is 17.0. The molecule has 0 aliphatic heterocycles. The van der Waals surface area contributed by atoms with Crippen LogP contribution >= 0.6 is 55.1 Å². The van der Waals surface area contributed by atoms with Crippen molar-refractivity contribution in [2.24, 2.45) is 17.3 Å². The Morgan fingerprint density at radius 3 is 2.43 bits per heavy atom. The van der Waals surface area contributed by atoms with E-state index >= 15 is 0 Å². The van der Waals surface area contributed by atoms with E-state index in [1.165, 1.54) is 0 Å². The van der Waals surface area contributed by atoms with Crippen molar-refractivity contribution in [1.82, 2.24) is 0 Å². The Balaban J connectivity index is 1.60. The van der Waals surface area contributed by atoms with E-state index in [1.807, 2.05) is 68.4 Å². The number of esters is 1. The molecular weight excluding hydrogens is 531 g/mol. The van der Waals surface area contributed by atoms with Crippen molar-refractivity contribution >= 4 is 61.0 Å². The van der Waals surface area contributed by atoms with Crippen LogP contribution in [0.5, 0.6) is 11.5 Å². The molecule has 0 bridgehead atoms. The highest BCUT2D eigenvalue weighted by Crippen LogP contribution is 2.65. The van der Waals surface area contributed by atoms with Gasteiger partial charge in [0, 0.05) is 0 Å². The van der Waals surface area contributed by atoms with Gasteiger partial charge < -0.3 is 9.47 Å². The van der Waals surface area contributed by atoms with Crippen LogP contribution in [0.3, 0.4) is 0 Å². The first-order chi connectivity index (χ1) is 13.1. The van der Waals surface area contributed by atoms with Crippen LogP contribution in [0.4, 0.5) is 0 Å². The van der Waals surface area contributed by atoms with Crippen LogP contribution in [-0.2, 0) is 16.1 Å². The van der Waals surface area contributed by atoms with Crippen LogP contribution in [0, 0.1) is 17.3 Å². The van der Waals surface area contributed by atoms with Crippen molar-refractivity contribution in [1.29, 1.82) is 0 Å². The molecule has 150 valence electrons. The summed E-state index contributed by atoms with van der Waals surface area (Å²) in [5.41, 5.74) is 0.614. The molecule has 1 fully saturated rings. The minimum absolute atomic E-state index is 0.0258. The zero-order chi connectivity index (χ0) is 20.5. The van der Waals surface area contributed by atoms with Gasteiger partial charge in [0.25, 0.3) is 0 Å². The predicted molar refractivity (Wildman–Crippen MR) is 120 cm³/mol. The molecule has 0 N–H and O–H groups in total. The Labute approximate surface area is 191 Å². The molecule has 28 heavy (non-hydrogen) atoms. The molecule has 1 aliphatic rings. The summed E-state index contributed by atoms with van der Waals surface area (Å²) >= 11 is 19.0. The van der Waals surface area contributed by atoms with Crippen LogP contribution < -0.4 is 4.74 Å². The highest BCUT2D eigenvalue weighted by molar-refractivity contribution is 9.13. The first kappa shape index (κ1) is 21.9. The number of rotatable bonds is 7. The smallest absolute Gasteiger partial charge is 0.310 e. The molecule has 1 saturated carbocycles. The second-order valence-electron chi connectivity index (χ2n) is 7.44. The Kier molecular flexibility index (Phi) is 6.70. The molecule has 3 rings (SSSR count). The Morgan fingerprint density at radius 2 is 1.79 bits per heavy atom. The lowest BCUT2D eigenvalue weighted by Crippen LogP contribution is -2.23. The van der Waals surface area contributed by atoms with Crippen molar-refractivity contribution in [2.75, 3.05) is 0 Å². The van der Waals surface area contributed by atoms with E-state index < -0.39 is 3.24 Å². The summed E-state index contributed by atoms with van der Waals surface area (Å²) in [5, 5.41) is 0. The summed E-state index contributed by atoms with van der Waals surface area (Å²) in [4.78, 5) is 12.4. The van der Waals surface area contributed by atoms with Gasteiger partial charge in [-0.1, -0.05) is 83.3 Å². The van der Waals surface area contributed by atoms with Crippen LogP contribution in [0.25, 0.3) is 0 Å². The summed E-state index contributed by atoms with van der Waals surface area (Å²) in [7, 11) is 0. The molecule has 2 aromatic rings. The molecule has 0 heterocycles. The molecule has 2 aromatic carbocycles. The monoisotopic (exact) mass is 548 g/mol. The van der Waals surface area contributed by atoms with Gasteiger partial charge in [-0.15, -0.1) is 0 Å².